The lowest BCUT2D eigenvalue weighted by Gasteiger charge is -2.40. The summed E-state index contributed by atoms with van der Waals surface area (Å²) in [5.41, 5.74) is 0. The minimum Gasteiger partial charge on any atom is -0.394 e. The van der Waals surface area contributed by atoms with Gasteiger partial charge in [-0.25, -0.2) is 0 Å². The van der Waals surface area contributed by atoms with Crippen molar-refractivity contribution < 1.29 is 39.8 Å². The van der Waals surface area contributed by atoms with Crippen LogP contribution in [-0.4, -0.2) is 87.5 Å². The molecule has 6 N–H and O–H groups in total. The van der Waals surface area contributed by atoms with Crippen molar-refractivity contribution in [1.29, 1.82) is 0 Å². The van der Waals surface area contributed by atoms with Crippen LogP contribution in [-0.2, 0) is 14.3 Å². The fourth-order valence-corrected chi connectivity index (χ4v) is 7.62. The molecule has 0 bridgehead atoms. The topological polar surface area (TPSA) is 149 Å². The van der Waals surface area contributed by atoms with Gasteiger partial charge in [0.2, 0.25) is 5.91 Å². The van der Waals surface area contributed by atoms with Gasteiger partial charge in [-0.2, -0.15) is 0 Å². The van der Waals surface area contributed by atoms with Crippen LogP contribution in [0.25, 0.3) is 0 Å². The lowest BCUT2D eigenvalue weighted by Crippen LogP contribution is -2.60. The van der Waals surface area contributed by atoms with Crippen molar-refractivity contribution in [3.63, 3.8) is 0 Å². The molecular formula is C52H93NO8. The number of allylic oxidation sites excluding steroid dienone is 9. The molecule has 1 rings (SSSR count). The molecule has 1 aliphatic rings. The summed E-state index contributed by atoms with van der Waals surface area (Å²) >= 11 is 0. The van der Waals surface area contributed by atoms with Gasteiger partial charge in [-0.1, -0.05) is 203 Å². The van der Waals surface area contributed by atoms with Crippen LogP contribution < -0.4 is 5.32 Å². The molecule has 0 aromatic carbocycles. The largest absolute Gasteiger partial charge is 0.394 e. The number of carbonyl (C=O) groups excluding carboxylic acids is 1. The van der Waals surface area contributed by atoms with Gasteiger partial charge in [0.05, 0.1) is 25.4 Å². The average Bonchev–Trinajstić information content (AvgIpc) is 3.26. The number of rotatable bonds is 41. The molecule has 61 heavy (non-hydrogen) atoms. The summed E-state index contributed by atoms with van der Waals surface area (Å²) < 4.78 is 11.2. The molecule has 0 spiro atoms. The monoisotopic (exact) mass is 860 g/mol. The molecule has 1 saturated heterocycles. The first-order valence-corrected chi connectivity index (χ1v) is 25.0. The van der Waals surface area contributed by atoms with E-state index in [4.69, 9.17) is 9.47 Å². The van der Waals surface area contributed by atoms with E-state index in [1.165, 1.54) is 122 Å². The predicted octanol–water partition coefficient (Wildman–Crippen LogP) is 11.2. The second-order valence-corrected chi connectivity index (χ2v) is 17.2. The van der Waals surface area contributed by atoms with Gasteiger partial charge < -0.3 is 40.3 Å². The highest BCUT2D eigenvalue weighted by Gasteiger charge is 2.44. The van der Waals surface area contributed by atoms with Crippen molar-refractivity contribution in [3.8, 4) is 0 Å². The van der Waals surface area contributed by atoms with E-state index in [-0.39, 0.29) is 12.5 Å². The van der Waals surface area contributed by atoms with Crippen molar-refractivity contribution in [1.82, 2.24) is 5.32 Å². The first-order chi connectivity index (χ1) is 29.8. The van der Waals surface area contributed by atoms with E-state index in [1.54, 1.807) is 6.08 Å². The molecule has 1 fully saturated rings. The molecule has 1 heterocycles. The summed E-state index contributed by atoms with van der Waals surface area (Å²) in [5, 5.41) is 53.9. The molecule has 0 saturated carbocycles. The minimum atomic E-state index is -1.56. The number of unbranched alkanes of at least 4 members (excludes halogenated alkanes) is 23. The van der Waals surface area contributed by atoms with Crippen LogP contribution in [0.2, 0.25) is 0 Å². The molecule has 7 atom stereocenters. The molecule has 1 aliphatic heterocycles. The molecule has 0 radical (unpaired) electrons. The standard InChI is InChI=1S/C52H93NO8/c1-3-5-7-9-11-12-13-14-15-16-17-18-19-20-21-22-23-24-25-26-27-28-29-30-31-32-33-34-36-38-40-42-48(56)53-45(46(55)41-39-37-35-10-8-6-4-2)44-60-52-51(59)50(58)49(57)47(43-54)61-52/h5,7,11-12,14-15,17-18,39,41,45-47,49-52,54-55,57-59H,3-4,6,8-10,13,16,19-38,40,42-44H2,1-2H3,(H,53,56)/b7-5-,12-11-,15-14-,18-17-,41-39+. The highest BCUT2D eigenvalue weighted by Crippen LogP contribution is 2.23. The van der Waals surface area contributed by atoms with Gasteiger partial charge in [-0.3, -0.25) is 4.79 Å². The fraction of sp³-hybridized carbons (Fsp3) is 0.788. The Kier molecular flexibility index (Phi) is 39.1. The van der Waals surface area contributed by atoms with Gasteiger partial charge in [0, 0.05) is 6.42 Å². The van der Waals surface area contributed by atoms with Gasteiger partial charge in [0.15, 0.2) is 6.29 Å². The van der Waals surface area contributed by atoms with E-state index < -0.39 is 49.5 Å². The smallest absolute Gasteiger partial charge is 0.220 e. The van der Waals surface area contributed by atoms with E-state index in [0.717, 1.165) is 64.2 Å². The zero-order valence-corrected chi connectivity index (χ0v) is 38.9. The number of nitrogens with one attached hydrogen (secondary N) is 1. The maximum absolute atomic E-state index is 12.9. The van der Waals surface area contributed by atoms with Crippen molar-refractivity contribution in [2.75, 3.05) is 13.2 Å². The summed E-state index contributed by atoms with van der Waals surface area (Å²) in [6, 6.07) is -0.802. The van der Waals surface area contributed by atoms with Crippen LogP contribution in [0.3, 0.4) is 0 Å². The molecule has 9 heteroatoms. The number of hydrogen-bond donors (Lipinski definition) is 6. The van der Waals surface area contributed by atoms with Gasteiger partial charge in [-0.15, -0.1) is 0 Å². The third-order valence-electron chi connectivity index (χ3n) is 11.6. The Bertz CT molecular complexity index is 1140. The van der Waals surface area contributed by atoms with Crippen LogP contribution in [0.5, 0.6) is 0 Å². The predicted molar refractivity (Wildman–Crippen MR) is 253 cm³/mol. The number of aliphatic hydroxyl groups excluding tert-OH is 5. The van der Waals surface area contributed by atoms with Gasteiger partial charge in [-0.05, 0) is 57.8 Å². The number of carbonyl (C=O) groups is 1. The van der Waals surface area contributed by atoms with Crippen molar-refractivity contribution in [2.45, 2.75) is 249 Å². The Hall–Kier alpha value is -2.11. The van der Waals surface area contributed by atoms with Crippen molar-refractivity contribution in [3.05, 3.63) is 60.8 Å². The summed E-state index contributed by atoms with van der Waals surface area (Å²) in [6.45, 7) is 3.59. The van der Waals surface area contributed by atoms with Crippen molar-refractivity contribution in [2.24, 2.45) is 0 Å². The SMILES string of the molecule is CC/C=C\C/C=C\C/C=C\C/C=C\CCCCCCCCCCCCCCCCCCCCC(=O)NC(COC1OC(CO)C(O)C(O)C1O)C(O)/C=C/CCCCCCC. The van der Waals surface area contributed by atoms with Gasteiger partial charge in [0.25, 0.3) is 0 Å². The Labute approximate surface area is 373 Å². The molecule has 354 valence electrons. The number of hydrogen-bond acceptors (Lipinski definition) is 8. The van der Waals surface area contributed by atoms with Crippen LogP contribution in [0.15, 0.2) is 60.8 Å². The summed E-state index contributed by atoms with van der Waals surface area (Å²) in [6.07, 6.45) is 48.9. The van der Waals surface area contributed by atoms with E-state index in [2.05, 4.69) is 67.8 Å². The minimum absolute atomic E-state index is 0.182. The normalized spacial score (nSPS) is 20.9. The Morgan fingerprint density at radius 1 is 0.574 bits per heavy atom. The summed E-state index contributed by atoms with van der Waals surface area (Å²) in [5.74, 6) is -0.182. The second kappa shape index (κ2) is 41.9. The maximum atomic E-state index is 12.9. The lowest BCUT2D eigenvalue weighted by atomic mass is 9.99. The molecule has 0 aromatic rings. The molecule has 0 aromatic heterocycles. The third kappa shape index (κ3) is 32.2. The number of amides is 1. The van der Waals surface area contributed by atoms with E-state index in [1.807, 2.05) is 6.08 Å². The highest BCUT2D eigenvalue weighted by molar-refractivity contribution is 5.76. The van der Waals surface area contributed by atoms with Crippen LogP contribution in [0.1, 0.15) is 206 Å². The zero-order chi connectivity index (χ0) is 44.4. The first-order valence-electron chi connectivity index (χ1n) is 25.0. The summed E-state index contributed by atoms with van der Waals surface area (Å²) in [7, 11) is 0. The maximum Gasteiger partial charge on any atom is 0.220 e. The van der Waals surface area contributed by atoms with Crippen molar-refractivity contribution >= 4 is 5.91 Å². The number of ether oxygens (including phenoxy) is 2. The Morgan fingerprint density at radius 3 is 1.51 bits per heavy atom. The zero-order valence-electron chi connectivity index (χ0n) is 38.9. The quantitative estimate of drug-likeness (QED) is 0.0263. The molecule has 9 nitrogen and oxygen atoms in total. The van der Waals surface area contributed by atoms with E-state index in [0.29, 0.717) is 6.42 Å². The van der Waals surface area contributed by atoms with Gasteiger partial charge >= 0.3 is 0 Å². The average molecular weight is 860 g/mol. The Balaban J connectivity index is 2.08. The second-order valence-electron chi connectivity index (χ2n) is 17.2. The summed E-state index contributed by atoms with van der Waals surface area (Å²) in [4.78, 5) is 12.9. The van der Waals surface area contributed by atoms with Crippen LogP contribution in [0, 0.1) is 0 Å². The molecular weight excluding hydrogens is 767 g/mol. The van der Waals surface area contributed by atoms with Crippen LogP contribution in [0.4, 0.5) is 0 Å². The Morgan fingerprint density at radius 2 is 1.02 bits per heavy atom. The van der Waals surface area contributed by atoms with E-state index in [9.17, 15) is 30.3 Å². The first kappa shape index (κ1) is 56.9. The lowest BCUT2D eigenvalue weighted by molar-refractivity contribution is -0.302. The number of aliphatic hydroxyl groups is 5. The molecule has 1 amide bonds. The van der Waals surface area contributed by atoms with Gasteiger partial charge in [0.1, 0.15) is 24.4 Å². The molecule has 7 unspecified atom stereocenters. The molecule has 0 aliphatic carbocycles. The van der Waals surface area contributed by atoms with E-state index >= 15 is 0 Å². The third-order valence-corrected chi connectivity index (χ3v) is 11.6. The highest BCUT2D eigenvalue weighted by atomic mass is 16.7. The fourth-order valence-electron chi connectivity index (χ4n) is 7.62. The van der Waals surface area contributed by atoms with Crippen LogP contribution >= 0.6 is 0 Å².